The number of nitrogens with one attached hydrogen (secondary N) is 2. The molecule has 0 aromatic carbocycles. The molecule has 1 aliphatic heterocycles. The van der Waals surface area contributed by atoms with Crippen LogP contribution < -0.4 is 15.7 Å². The first-order valence-electron chi connectivity index (χ1n) is 8.32. The lowest BCUT2D eigenvalue weighted by Crippen LogP contribution is -2.34. The fourth-order valence-electron chi connectivity index (χ4n) is 3.25. The van der Waals surface area contributed by atoms with Crippen molar-refractivity contribution in [3.8, 4) is 5.75 Å². The Hall–Kier alpha value is -1.75. The summed E-state index contributed by atoms with van der Waals surface area (Å²) in [6.07, 6.45) is 7.56. The van der Waals surface area contributed by atoms with Crippen molar-refractivity contribution in [3.05, 3.63) is 29.2 Å². The van der Waals surface area contributed by atoms with Gasteiger partial charge in [0, 0.05) is 7.05 Å². The van der Waals surface area contributed by atoms with Crippen LogP contribution >= 0.6 is 0 Å². The lowest BCUT2D eigenvalue weighted by Gasteiger charge is -2.23. The molecule has 120 valence electrons. The van der Waals surface area contributed by atoms with Gasteiger partial charge < -0.3 is 4.74 Å². The van der Waals surface area contributed by atoms with Crippen LogP contribution in [0.2, 0.25) is 0 Å². The standard InChI is InChI=1S/C17H26N4O/c1-4-15-17(19-20-21(15)3)14-10-11-16(12(2)18-14)22-13-8-6-5-7-9-13/h10-11,13,19-20H,4-9H2,1-3H3. The van der Waals surface area contributed by atoms with Gasteiger partial charge in [0.05, 0.1) is 28.9 Å². The largest absolute Gasteiger partial charge is 0.489 e. The van der Waals surface area contributed by atoms with E-state index in [0.717, 1.165) is 29.3 Å². The topological polar surface area (TPSA) is 49.4 Å². The van der Waals surface area contributed by atoms with Crippen LogP contribution in [-0.4, -0.2) is 23.1 Å². The molecule has 3 rings (SSSR count). The Balaban J connectivity index is 1.78. The zero-order chi connectivity index (χ0) is 15.5. The molecule has 1 saturated carbocycles. The van der Waals surface area contributed by atoms with Gasteiger partial charge in [0.2, 0.25) is 0 Å². The van der Waals surface area contributed by atoms with Gasteiger partial charge in [0.25, 0.3) is 0 Å². The van der Waals surface area contributed by atoms with Crippen LogP contribution in [0.15, 0.2) is 17.8 Å². The number of rotatable bonds is 4. The van der Waals surface area contributed by atoms with Gasteiger partial charge in [-0.05, 0) is 51.2 Å². The van der Waals surface area contributed by atoms with Crippen molar-refractivity contribution in [2.45, 2.75) is 58.5 Å². The van der Waals surface area contributed by atoms with Gasteiger partial charge in [0.15, 0.2) is 0 Å². The molecule has 1 aromatic rings. The lowest BCUT2D eigenvalue weighted by molar-refractivity contribution is 0.153. The smallest absolute Gasteiger partial charge is 0.140 e. The number of hydrazine groups is 2. The second kappa shape index (κ2) is 6.57. The number of hydrogen-bond donors (Lipinski definition) is 2. The Morgan fingerprint density at radius 1 is 1.27 bits per heavy atom. The molecule has 0 spiro atoms. The molecular formula is C17H26N4O. The molecule has 2 N–H and O–H groups in total. The first-order chi connectivity index (χ1) is 10.7. The summed E-state index contributed by atoms with van der Waals surface area (Å²) in [5, 5.41) is 2.00. The molecule has 1 aliphatic carbocycles. The molecular weight excluding hydrogens is 276 g/mol. The molecule has 0 unspecified atom stereocenters. The zero-order valence-corrected chi connectivity index (χ0v) is 13.8. The number of aromatic nitrogens is 1. The van der Waals surface area contributed by atoms with E-state index in [9.17, 15) is 0 Å². The van der Waals surface area contributed by atoms with Crippen LogP contribution in [-0.2, 0) is 0 Å². The maximum Gasteiger partial charge on any atom is 0.140 e. The van der Waals surface area contributed by atoms with Crippen LogP contribution in [0.5, 0.6) is 5.75 Å². The summed E-state index contributed by atoms with van der Waals surface area (Å²) in [6.45, 7) is 4.17. The number of aryl methyl sites for hydroxylation is 1. The highest BCUT2D eigenvalue weighted by molar-refractivity contribution is 5.65. The third-order valence-electron chi connectivity index (χ3n) is 4.52. The Morgan fingerprint density at radius 3 is 2.73 bits per heavy atom. The molecule has 1 fully saturated rings. The van der Waals surface area contributed by atoms with Crippen LogP contribution in [0.3, 0.4) is 0 Å². The third kappa shape index (κ3) is 3.04. The van der Waals surface area contributed by atoms with Gasteiger partial charge in [-0.15, -0.1) is 5.53 Å². The maximum absolute atomic E-state index is 6.15. The Labute approximate surface area is 132 Å². The van der Waals surface area contributed by atoms with Crippen LogP contribution in [0.4, 0.5) is 0 Å². The molecule has 5 heteroatoms. The summed E-state index contributed by atoms with van der Waals surface area (Å²) >= 11 is 0. The first kappa shape index (κ1) is 15.2. The maximum atomic E-state index is 6.15. The fraction of sp³-hybridized carbons (Fsp3) is 0.588. The Kier molecular flexibility index (Phi) is 4.52. The predicted molar refractivity (Wildman–Crippen MR) is 87.7 cm³/mol. The first-order valence-corrected chi connectivity index (χ1v) is 8.32. The van der Waals surface area contributed by atoms with Gasteiger partial charge in [0.1, 0.15) is 5.75 Å². The minimum Gasteiger partial charge on any atom is -0.489 e. The van der Waals surface area contributed by atoms with Crippen molar-refractivity contribution in [2.75, 3.05) is 7.05 Å². The number of allylic oxidation sites excluding steroid dienone is 1. The normalized spacial score (nSPS) is 19.5. The predicted octanol–water partition coefficient (Wildman–Crippen LogP) is 3.13. The summed E-state index contributed by atoms with van der Waals surface area (Å²) in [5.41, 5.74) is 10.5. The van der Waals surface area contributed by atoms with Crippen molar-refractivity contribution in [1.82, 2.24) is 21.0 Å². The number of nitrogens with zero attached hydrogens (tertiary/aromatic N) is 2. The van der Waals surface area contributed by atoms with Crippen molar-refractivity contribution < 1.29 is 4.74 Å². The van der Waals surface area contributed by atoms with E-state index in [1.807, 2.05) is 25.0 Å². The lowest BCUT2D eigenvalue weighted by atomic mass is 9.98. The molecule has 1 aromatic heterocycles. The molecule has 0 atom stereocenters. The second-order valence-corrected chi connectivity index (χ2v) is 6.13. The van der Waals surface area contributed by atoms with Crippen molar-refractivity contribution in [1.29, 1.82) is 0 Å². The van der Waals surface area contributed by atoms with E-state index >= 15 is 0 Å². The van der Waals surface area contributed by atoms with Crippen LogP contribution in [0.1, 0.15) is 56.8 Å². The molecule has 0 amide bonds. The van der Waals surface area contributed by atoms with E-state index in [1.54, 1.807) is 0 Å². The van der Waals surface area contributed by atoms with Gasteiger partial charge in [-0.2, -0.15) is 0 Å². The summed E-state index contributed by atoms with van der Waals surface area (Å²) in [6, 6.07) is 4.11. The summed E-state index contributed by atoms with van der Waals surface area (Å²) < 4.78 is 6.15. The number of ether oxygens (including phenoxy) is 1. The van der Waals surface area contributed by atoms with Gasteiger partial charge in [-0.25, -0.2) is 4.98 Å². The van der Waals surface area contributed by atoms with E-state index < -0.39 is 0 Å². The quantitative estimate of drug-likeness (QED) is 0.895. The summed E-state index contributed by atoms with van der Waals surface area (Å²) in [5.74, 6) is 0.925. The van der Waals surface area contributed by atoms with Gasteiger partial charge >= 0.3 is 0 Å². The molecule has 0 bridgehead atoms. The van der Waals surface area contributed by atoms with Gasteiger partial charge in [-0.3, -0.25) is 10.4 Å². The highest BCUT2D eigenvalue weighted by Crippen LogP contribution is 2.28. The number of hydrogen-bond acceptors (Lipinski definition) is 5. The zero-order valence-electron chi connectivity index (χ0n) is 13.8. The molecule has 22 heavy (non-hydrogen) atoms. The van der Waals surface area contributed by atoms with Crippen molar-refractivity contribution in [2.24, 2.45) is 0 Å². The van der Waals surface area contributed by atoms with Crippen molar-refractivity contribution >= 4 is 5.70 Å². The average molecular weight is 302 g/mol. The third-order valence-corrected chi connectivity index (χ3v) is 4.52. The molecule has 0 radical (unpaired) electrons. The minimum atomic E-state index is 0.364. The van der Waals surface area contributed by atoms with E-state index in [1.165, 1.54) is 37.8 Å². The highest BCUT2D eigenvalue weighted by Gasteiger charge is 2.21. The molecule has 2 heterocycles. The summed E-state index contributed by atoms with van der Waals surface area (Å²) in [4.78, 5) is 4.74. The van der Waals surface area contributed by atoms with E-state index in [4.69, 9.17) is 9.72 Å². The average Bonchev–Trinajstić information content (AvgIpc) is 2.91. The number of pyridine rings is 1. The van der Waals surface area contributed by atoms with Gasteiger partial charge in [-0.1, -0.05) is 13.3 Å². The SMILES string of the molecule is CCC1=C(c2ccc(OC3CCCCC3)c(C)n2)NNN1C. The second-order valence-electron chi connectivity index (χ2n) is 6.13. The van der Waals surface area contributed by atoms with Crippen LogP contribution in [0, 0.1) is 6.92 Å². The molecule has 2 aliphatic rings. The Bertz CT molecular complexity index is 564. The fourth-order valence-corrected chi connectivity index (χ4v) is 3.25. The monoisotopic (exact) mass is 302 g/mol. The summed E-state index contributed by atoms with van der Waals surface area (Å²) in [7, 11) is 2.01. The van der Waals surface area contributed by atoms with E-state index in [2.05, 4.69) is 24.0 Å². The minimum absolute atomic E-state index is 0.364. The molecule has 0 saturated heterocycles. The highest BCUT2D eigenvalue weighted by atomic mass is 16.5. The van der Waals surface area contributed by atoms with E-state index in [0.29, 0.717) is 6.10 Å². The van der Waals surface area contributed by atoms with E-state index in [-0.39, 0.29) is 0 Å². The van der Waals surface area contributed by atoms with Crippen molar-refractivity contribution in [3.63, 3.8) is 0 Å². The van der Waals surface area contributed by atoms with Crippen LogP contribution in [0.25, 0.3) is 5.70 Å². The Morgan fingerprint density at radius 2 is 2.05 bits per heavy atom. The molecule has 5 nitrogen and oxygen atoms in total.